The number of phosphoric acid groups is 1. The van der Waals surface area contributed by atoms with Crippen molar-refractivity contribution in [3.05, 3.63) is 72.9 Å². The summed E-state index contributed by atoms with van der Waals surface area (Å²) in [5.41, 5.74) is 0. The lowest BCUT2D eigenvalue weighted by atomic mass is 10.0. The number of quaternary nitrogens is 1. The molecule has 3 atom stereocenters. The minimum absolute atomic E-state index is 0.0365. The number of hydrogen-bond donors (Lipinski definition) is 1. The van der Waals surface area contributed by atoms with Crippen LogP contribution in [0.25, 0.3) is 0 Å². The molecule has 0 saturated heterocycles. The molecule has 0 radical (unpaired) electrons. The maximum Gasteiger partial charge on any atom is 0.306 e. The molecule has 0 aromatic heterocycles. The number of ether oxygens (including phenoxy) is 1. The fraction of sp³-hybridized carbons (Fsp3) is 0.778. The van der Waals surface area contributed by atoms with Crippen molar-refractivity contribution in [3.8, 4) is 0 Å². The third-order valence-corrected chi connectivity index (χ3v) is 14.1. The Labute approximate surface area is 451 Å². The van der Waals surface area contributed by atoms with Crippen molar-refractivity contribution >= 4 is 19.7 Å². The van der Waals surface area contributed by atoms with E-state index in [1.54, 1.807) is 0 Å². The van der Waals surface area contributed by atoms with E-state index in [0.29, 0.717) is 17.4 Å². The van der Waals surface area contributed by atoms with Crippen LogP contribution in [0.3, 0.4) is 0 Å². The first-order chi connectivity index (χ1) is 35.4. The van der Waals surface area contributed by atoms with Crippen LogP contribution in [-0.4, -0.2) is 69.4 Å². The molecule has 0 heterocycles. The molecule has 73 heavy (non-hydrogen) atoms. The zero-order valence-corrected chi connectivity index (χ0v) is 49.2. The average molecular weight is 1040 g/mol. The summed E-state index contributed by atoms with van der Waals surface area (Å²) in [7, 11) is 1.14. The van der Waals surface area contributed by atoms with Gasteiger partial charge in [0.25, 0.3) is 7.82 Å². The summed E-state index contributed by atoms with van der Waals surface area (Å²) in [6.45, 7) is 6.68. The van der Waals surface area contributed by atoms with Gasteiger partial charge in [0.1, 0.15) is 19.3 Å². The van der Waals surface area contributed by atoms with Gasteiger partial charge in [0.2, 0.25) is 5.91 Å². The molecule has 9 nitrogen and oxygen atoms in total. The van der Waals surface area contributed by atoms with Crippen LogP contribution in [0, 0.1) is 0 Å². The molecule has 0 saturated carbocycles. The van der Waals surface area contributed by atoms with Crippen LogP contribution in [-0.2, 0) is 27.9 Å². The number of nitrogens with one attached hydrogen (secondary N) is 1. The molecule has 1 N–H and O–H groups in total. The SMILES string of the molecule is CC/C=C/C/C=C/C/C=C/C/C=C/C/C=C/CCC(=O)NC(COP(=O)([O-])OCC[N+](C)(C)C)C(/C=C/CCCCCCCCCCCC)OC(=O)CCCCCCCCCCCCCCCCCCCCC. The van der Waals surface area contributed by atoms with Gasteiger partial charge >= 0.3 is 5.97 Å². The highest BCUT2D eigenvalue weighted by atomic mass is 31.2. The first-order valence-corrected chi connectivity index (χ1v) is 31.7. The van der Waals surface area contributed by atoms with Crippen molar-refractivity contribution in [2.75, 3.05) is 40.9 Å². The van der Waals surface area contributed by atoms with E-state index in [9.17, 15) is 19.0 Å². The molecular weight excluding hydrogens is 928 g/mol. The van der Waals surface area contributed by atoms with Crippen molar-refractivity contribution in [1.29, 1.82) is 0 Å². The van der Waals surface area contributed by atoms with Gasteiger partial charge in [-0.2, -0.15) is 0 Å². The fourth-order valence-corrected chi connectivity index (χ4v) is 9.23. The molecule has 0 fully saturated rings. The van der Waals surface area contributed by atoms with Gasteiger partial charge in [0.15, 0.2) is 0 Å². The van der Waals surface area contributed by atoms with Crippen LogP contribution in [0.2, 0.25) is 0 Å². The highest BCUT2D eigenvalue weighted by molar-refractivity contribution is 7.45. The first kappa shape index (κ1) is 70.5. The Balaban J connectivity index is 5.35. The van der Waals surface area contributed by atoms with Gasteiger partial charge < -0.3 is 28.5 Å². The minimum atomic E-state index is -4.72. The van der Waals surface area contributed by atoms with Gasteiger partial charge in [-0.15, -0.1) is 0 Å². The van der Waals surface area contributed by atoms with Crippen LogP contribution < -0.4 is 10.2 Å². The maximum atomic E-state index is 13.5. The summed E-state index contributed by atoms with van der Waals surface area (Å²) in [5, 5.41) is 2.98. The molecule has 424 valence electrons. The van der Waals surface area contributed by atoms with Crippen LogP contribution in [0.5, 0.6) is 0 Å². The zero-order chi connectivity index (χ0) is 53.6. The number of nitrogens with zero attached hydrogens (tertiary/aromatic N) is 1. The molecule has 0 aromatic carbocycles. The van der Waals surface area contributed by atoms with Gasteiger partial charge in [-0.3, -0.25) is 14.2 Å². The number of hydrogen-bond acceptors (Lipinski definition) is 7. The van der Waals surface area contributed by atoms with Gasteiger partial charge in [0, 0.05) is 12.8 Å². The number of phosphoric ester groups is 1. The normalized spacial score (nSPS) is 14.2. The monoisotopic (exact) mass is 1040 g/mol. The standard InChI is InChI=1S/C63H115N2O7P/c1-7-10-13-16-19-22-25-28-30-32-33-34-36-38-41-44-47-50-53-56-63(67)72-61(54-51-48-45-42-39-27-24-21-18-15-12-9-3)60(59-71-73(68,69)70-58-57-65(4,5)6)64-62(66)55-52-49-46-43-40-37-35-31-29-26-23-20-17-14-11-8-2/h11,14,20,23,29,31,37,40,46,49,51,54,60-61H,7-10,12-13,15-19,21-22,24-28,30,32-36,38-39,41-45,47-48,50,52-53,55-59H2,1-6H3,(H-,64,66,68,69)/b14-11+,23-20+,31-29+,40-37+,49-46+,54-51+. The molecular formula is C63H115N2O7P. The quantitative estimate of drug-likeness (QED) is 0.0212. The van der Waals surface area contributed by atoms with Gasteiger partial charge in [-0.05, 0) is 63.9 Å². The van der Waals surface area contributed by atoms with E-state index in [2.05, 4.69) is 74.7 Å². The van der Waals surface area contributed by atoms with Crippen molar-refractivity contribution in [1.82, 2.24) is 5.32 Å². The molecule has 1 amide bonds. The fourth-order valence-electron chi connectivity index (χ4n) is 8.51. The predicted octanol–water partition coefficient (Wildman–Crippen LogP) is 17.8. The number of amides is 1. The van der Waals surface area contributed by atoms with Gasteiger partial charge in [-0.1, -0.05) is 261 Å². The second kappa shape index (κ2) is 52.9. The van der Waals surface area contributed by atoms with Gasteiger partial charge in [0.05, 0.1) is 33.8 Å². The van der Waals surface area contributed by atoms with E-state index in [1.165, 1.54) is 154 Å². The molecule has 3 unspecified atom stereocenters. The van der Waals surface area contributed by atoms with E-state index in [-0.39, 0.29) is 31.3 Å². The number of allylic oxidation sites excluding steroid dienone is 11. The van der Waals surface area contributed by atoms with Crippen molar-refractivity contribution in [3.63, 3.8) is 0 Å². The number of esters is 1. The minimum Gasteiger partial charge on any atom is -0.756 e. The summed E-state index contributed by atoms with van der Waals surface area (Å²) in [6.07, 6.45) is 67.5. The molecule has 0 bridgehead atoms. The highest BCUT2D eigenvalue weighted by Gasteiger charge is 2.27. The largest absolute Gasteiger partial charge is 0.756 e. The van der Waals surface area contributed by atoms with E-state index in [1.807, 2.05) is 45.4 Å². The Kier molecular flexibility index (Phi) is 51.0. The Morgan fingerprint density at radius 1 is 0.493 bits per heavy atom. The second-order valence-corrected chi connectivity index (χ2v) is 22.9. The molecule has 0 aliphatic rings. The molecule has 0 aliphatic heterocycles. The smallest absolute Gasteiger partial charge is 0.306 e. The molecule has 0 aromatic rings. The summed E-state index contributed by atoms with van der Waals surface area (Å²) in [6, 6.07) is -0.928. The maximum absolute atomic E-state index is 13.5. The van der Waals surface area contributed by atoms with Crippen molar-refractivity contribution in [2.45, 2.75) is 277 Å². The van der Waals surface area contributed by atoms with Crippen LogP contribution in [0.4, 0.5) is 0 Å². The topological polar surface area (TPSA) is 114 Å². The number of rotatable bonds is 54. The van der Waals surface area contributed by atoms with Crippen molar-refractivity contribution < 1.29 is 37.3 Å². The lowest BCUT2D eigenvalue weighted by molar-refractivity contribution is -0.870. The number of carbonyl (C=O) groups is 2. The Morgan fingerprint density at radius 2 is 0.890 bits per heavy atom. The van der Waals surface area contributed by atoms with E-state index >= 15 is 0 Å². The lowest BCUT2D eigenvalue weighted by Gasteiger charge is -2.30. The third kappa shape index (κ3) is 54.1. The van der Waals surface area contributed by atoms with E-state index in [0.717, 1.165) is 70.6 Å². The van der Waals surface area contributed by atoms with Gasteiger partial charge in [-0.25, -0.2) is 0 Å². The van der Waals surface area contributed by atoms with E-state index in [4.69, 9.17) is 13.8 Å². The van der Waals surface area contributed by atoms with Crippen LogP contribution in [0.1, 0.15) is 265 Å². The molecule has 0 spiro atoms. The second-order valence-electron chi connectivity index (χ2n) is 21.5. The number of carbonyl (C=O) groups excluding carboxylic acids is 2. The molecule has 10 heteroatoms. The number of unbranched alkanes of at least 4 members (excludes halogenated alkanes) is 28. The summed E-state index contributed by atoms with van der Waals surface area (Å²) < 4.78 is 30.2. The Hall–Kier alpha value is -2.55. The van der Waals surface area contributed by atoms with Crippen molar-refractivity contribution in [2.24, 2.45) is 0 Å². The Bertz CT molecular complexity index is 1480. The first-order valence-electron chi connectivity index (χ1n) is 30.2. The molecule has 0 rings (SSSR count). The summed E-state index contributed by atoms with van der Waals surface area (Å²) in [4.78, 5) is 39.9. The highest BCUT2D eigenvalue weighted by Crippen LogP contribution is 2.38. The average Bonchev–Trinajstić information content (AvgIpc) is 3.35. The predicted molar refractivity (Wildman–Crippen MR) is 312 cm³/mol. The molecule has 0 aliphatic carbocycles. The number of likely N-dealkylation sites (N-methyl/N-ethyl adjacent to an activating group) is 1. The lowest BCUT2D eigenvalue weighted by Crippen LogP contribution is -2.47. The van der Waals surface area contributed by atoms with Crippen LogP contribution >= 0.6 is 7.82 Å². The van der Waals surface area contributed by atoms with E-state index < -0.39 is 26.6 Å². The summed E-state index contributed by atoms with van der Waals surface area (Å²) >= 11 is 0. The summed E-state index contributed by atoms with van der Waals surface area (Å²) in [5.74, 6) is -0.632. The van der Waals surface area contributed by atoms with Crippen LogP contribution in [0.15, 0.2) is 72.9 Å². The third-order valence-electron chi connectivity index (χ3n) is 13.2. The zero-order valence-electron chi connectivity index (χ0n) is 48.3. The Morgan fingerprint density at radius 3 is 1.32 bits per heavy atom.